The summed E-state index contributed by atoms with van der Waals surface area (Å²) in [5.74, 6) is -1.19. The van der Waals surface area contributed by atoms with Gasteiger partial charge >= 0.3 is 0 Å². The van der Waals surface area contributed by atoms with Crippen molar-refractivity contribution in [2.45, 2.75) is 19.1 Å². The second-order valence-corrected chi connectivity index (χ2v) is 8.48. The molecule has 150 valence electrons. The minimum atomic E-state index is -0.859. The van der Waals surface area contributed by atoms with E-state index in [1.165, 1.54) is 4.90 Å². The van der Waals surface area contributed by atoms with Crippen molar-refractivity contribution in [3.8, 4) is 0 Å². The number of fused-ring (bicyclic) bond motifs is 1. The predicted molar refractivity (Wildman–Crippen MR) is 118 cm³/mol. The molecule has 3 atom stereocenters. The van der Waals surface area contributed by atoms with Crippen LogP contribution in [0.4, 0.5) is 11.4 Å². The first kappa shape index (κ1) is 19.0. The summed E-state index contributed by atoms with van der Waals surface area (Å²) in [5.41, 5.74) is 3.29. The first-order chi connectivity index (χ1) is 14.5. The van der Waals surface area contributed by atoms with Gasteiger partial charge in [0, 0.05) is 4.47 Å². The van der Waals surface area contributed by atoms with Gasteiger partial charge < -0.3 is 0 Å². The van der Waals surface area contributed by atoms with Gasteiger partial charge in [-0.25, -0.2) is 9.96 Å². The summed E-state index contributed by atoms with van der Waals surface area (Å²) in [5, 5.41) is 1.71. The largest absolute Gasteiger partial charge is 0.273 e. The summed E-state index contributed by atoms with van der Waals surface area (Å²) in [6, 6.07) is 24.4. The lowest BCUT2D eigenvalue weighted by molar-refractivity contribution is -0.126. The van der Waals surface area contributed by atoms with Gasteiger partial charge in [-0.05, 0) is 54.4 Å². The standard InChI is InChI=1S/C24H19BrN2O3/c1-15-7-5-12-19(13-15)26-23(28)20-21(16-8-6-9-17(25)14-16)27(30-22(20)24(26)29)18-10-3-2-4-11-18/h2-14,20-22H,1H3. The van der Waals surface area contributed by atoms with Crippen LogP contribution in [0.3, 0.4) is 0 Å². The van der Waals surface area contributed by atoms with Crippen molar-refractivity contribution in [1.82, 2.24) is 0 Å². The molecule has 3 aromatic carbocycles. The summed E-state index contributed by atoms with van der Waals surface area (Å²) in [7, 11) is 0. The lowest BCUT2D eigenvalue weighted by atomic mass is 9.90. The molecular weight excluding hydrogens is 444 g/mol. The molecule has 2 aliphatic heterocycles. The molecule has 2 saturated heterocycles. The zero-order valence-electron chi connectivity index (χ0n) is 16.2. The van der Waals surface area contributed by atoms with Gasteiger partial charge in [0.1, 0.15) is 5.92 Å². The number of imide groups is 1. The maximum absolute atomic E-state index is 13.5. The van der Waals surface area contributed by atoms with Gasteiger partial charge in [0.05, 0.1) is 17.4 Å². The van der Waals surface area contributed by atoms with Crippen molar-refractivity contribution in [3.05, 3.63) is 94.5 Å². The Balaban J connectivity index is 1.60. The van der Waals surface area contributed by atoms with Gasteiger partial charge in [-0.2, -0.15) is 0 Å². The molecule has 5 rings (SSSR count). The average molecular weight is 463 g/mol. The normalized spacial score (nSPS) is 23.2. The third-order valence-corrected chi connectivity index (χ3v) is 6.07. The van der Waals surface area contributed by atoms with E-state index in [4.69, 9.17) is 4.84 Å². The lowest BCUT2D eigenvalue weighted by Crippen LogP contribution is -2.37. The number of nitrogens with zero attached hydrogens (tertiary/aromatic N) is 2. The molecule has 0 radical (unpaired) electrons. The monoisotopic (exact) mass is 462 g/mol. The molecule has 0 bridgehead atoms. The van der Waals surface area contributed by atoms with Gasteiger partial charge in [-0.1, -0.05) is 58.4 Å². The number of carbonyl (C=O) groups excluding carboxylic acids is 2. The number of hydrogen-bond acceptors (Lipinski definition) is 4. The van der Waals surface area contributed by atoms with Crippen molar-refractivity contribution in [3.63, 3.8) is 0 Å². The summed E-state index contributed by atoms with van der Waals surface area (Å²) in [6.45, 7) is 1.94. The summed E-state index contributed by atoms with van der Waals surface area (Å²) < 4.78 is 0.906. The number of benzene rings is 3. The molecule has 0 aromatic heterocycles. The number of amides is 2. The molecule has 30 heavy (non-hydrogen) atoms. The fraction of sp³-hybridized carbons (Fsp3) is 0.167. The fourth-order valence-corrected chi connectivity index (χ4v) is 4.68. The van der Waals surface area contributed by atoms with E-state index in [-0.39, 0.29) is 11.8 Å². The van der Waals surface area contributed by atoms with Crippen LogP contribution in [0.2, 0.25) is 0 Å². The Morgan fingerprint density at radius 2 is 1.57 bits per heavy atom. The molecule has 0 aliphatic carbocycles. The number of rotatable bonds is 3. The molecule has 2 fully saturated rings. The molecular formula is C24H19BrN2O3. The van der Waals surface area contributed by atoms with E-state index in [1.54, 1.807) is 11.1 Å². The highest BCUT2D eigenvalue weighted by atomic mass is 79.9. The van der Waals surface area contributed by atoms with Crippen LogP contribution in [0.5, 0.6) is 0 Å². The Kier molecular flexibility index (Phi) is 4.68. The number of hydrogen-bond donors (Lipinski definition) is 0. The fourth-order valence-electron chi connectivity index (χ4n) is 4.26. The van der Waals surface area contributed by atoms with Crippen LogP contribution in [0, 0.1) is 12.8 Å². The molecule has 2 amide bonds. The number of anilines is 2. The van der Waals surface area contributed by atoms with Crippen molar-refractivity contribution in [1.29, 1.82) is 0 Å². The first-order valence-corrected chi connectivity index (χ1v) is 10.5. The highest BCUT2D eigenvalue weighted by Crippen LogP contribution is 2.47. The third-order valence-electron chi connectivity index (χ3n) is 5.58. The molecule has 0 saturated carbocycles. The van der Waals surface area contributed by atoms with Crippen molar-refractivity contribution < 1.29 is 14.4 Å². The van der Waals surface area contributed by atoms with Gasteiger partial charge in [0.2, 0.25) is 5.91 Å². The van der Waals surface area contributed by atoms with Crippen LogP contribution in [-0.2, 0) is 14.4 Å². The third kappa shape index (κ3) is 3.04. The zero-order valence-corrected chi connectivity index (χ0v) is 17.8. The van der Waals surface area contributed by atoms with Gasteiger partial charge in [-0.3, -0.25) is 14.4 Å². The molecule has 0 N–H and O–H groups in total. The van der Waals surface area contributed by atoms with E-state index in [0.717, 1.165) is 21.3 Å². The SMILES string of the molecule is Cc1cccc(N2C(=O)C3ON(c4ccccc4)C(c4cccc(Br)c4)C3C2=O)c1. The smallest absolute Gasteiger partial charge is 0.266 e. The van der Waals surface area contributed by atoms with E-state index in [0.29, 0.717) is 5.69 Å². The maximum Gasteiger partial charge on any atom is 0.266 e. The molecule has 2 heterocycles. The molecule has 5 nitrogen and oxygen atoms in total. The minimum absolute atomic E-state index is 0.237. The maximum atomic E-state index is 13.5. The number of carbonyl (C=O) groups is 2. The van der Waals surface area contributed by atoms with Crippen LogP contribution in [0.15, 0.2) is 83.3 Å². The van der Waals surface area contributed by atoms with Crippen LogP contribution in [0.1, 0.15) is 17.2 Å². The lowest BCUT2D eigenvalue weighted by Gasteiger charge is -2.29. The van der Waals surface area contributed by atoms with Crippen molar-refractivity contribution in [2.24, 2.45) is 5.92 Å². The van der Waals surface area contributed by atoms with Crippen molar-refractivity contribution >= 4 is 39.1 Å². The molecule has 3 aromatic rings. The topological polar surface area (TPSA) is 49.9 Å². The van der Waals surface area contributed by atoms with Gasteiger partial charge in [0.15, 0.2) is 6.10 Å². The Labute approximate surface area is 183 Å². The van der Waals surface area contributed by atoms with Crippen LogP contribution >= 0.6 is 15.9 Å². The highest BCUT2D eigenvalue weighted by Gasteiger charge is 2.60. The van der Waals surface area contributed by atoms with Crippen molar-refractivity contribution in [2.75, 3.05) is 9.96 Å². The number of hydroxylamine groups is 1. The summed E-state index contributed by atoms with van der Waals surface area (Å²) in [4.78, 5) is 34.2. The van der Waals surface area contributed by atoms with E-state index >= 15 is 0 Å². The van der Waals surface area contributed by atoms with E-state index in [9.17, 15) is 9.59 Å². The molecule has 3 unspecified atom stereocenters. The first-order valence-electron chi connectivity index (χ1n) is 9.75. The minimum Gasteiger partial charge on any atom is -0.273 e. The number of aryl methyl sites for hydroxylation is 1. The van der Waals surface area contributed by atoms with E-state index in [2.05, 4.69) is 15.9 Å². The molecule has 6 heteroatoms. The second-order valence-electron chi connectivity index (χ2n) is 7.56. The summed E-state index contributed by atoms with van der Waals surface area (Å²) in [6.07, 6.45) is -0.859. The van der Waals surface area contributed by atoms with Gasteiger partial charge in [0.25, 0.3) is 5.91 Å². The quantitative estimate of drug-likeness (QED) is 0.524. The molecule has 0 spiro atoms. The Morgan fingerprint density at radius 3 is 2.30 bits per heavy atom. The van der Waals surface area contributed by atoms with E-state index in [1.807, 2.05) is 79.7 Å². The highest BCUT2D eigenvalue weighted by molar-refractivity contribution is 9.10. The number of halogens is 1. The Hall–Kier alpha value is -2.96. The Morgan fingerprint density at radius 1 is 0.833 bits per heavy atom. The van der Waals surface area contributed by atoms with E-state index < -0.39 is 18.1 Å². The van der Waals surface area contributed by atoms with Crippen LogP contribution in [-0.4, -0.2) is 17.9 Å². The number of para-hydroxylation sites is 1. The summed E-state index contributed by atoms with van der Waals surface area (Å²) >= 11 is 3.52. The second kappa shape index (κ2) is 7.38. The Bertz CT molecular complexity index is 1130. The van der Waals surface area contributed by atoms with Crippen LogP contribution < -0.4 is 9.96 Å². The zero-order chi connectivity index (χ0) is 20.8. The molecule has 2 aliphatic rings. The van der Waals surface area contributed by atoms with Crippen LogP contribution in [0.25, 0.3) is 0 Å². The average Bonchev–Trinajstić information content (AvgIpc) is 3.25. The predicted octanol–water partition coefficient (Wildman–Crippen LogP) is 4.81. The van der Waals surface area contributed by atoms with Gasteiger partial charge in [-0.15, -0.1) is 0 Å².